The maximum absolute atomic E-state index is 4.28. The number of hydrogen-bond acceptors (Lipinski definition) is 1. The summed E-state index contributed by atoms with van der Waals surface area (Å²) in [5, 5.41) is 3.73. The van der Waals surface area contributed by atoms with Gasteiger partial charge in [-0.15, -0.1) is 21.9 Å². The van der Waals surface area contributed by atoms with Gasteiger partial charge in [-0.05, 0) is 34.3 Å². The molecular weight excluding hydrogens is 183 g/mol. The van der Waals surface area contributed by atoms with Crippen molar-refractivity contribution in [3.63, 3.8) is 0 Å². The number of hydrogen-bond donors (Lipinski definition) is 1. The molecular formula is C10H9PS. The summed E-state index contributed by atoms with van der Waals surface area (Å²) in [7, 11) is 2.69. The van der Waals surface area contributed by atoms with E-state index in [2.05, 4.69) is 52.2 Å². The molecule has 0 N–H and O–H groups in total. The lowest BCUT2D eigenvalue weighted by Gasteiger charge is -1.99. The predicted molar refractivity (Wildman–Crippen MR) is 60.5 cm³/mol. The molecule has 0 aliphatic rings. The zero-order valence-corrected chi connectivity index (χ0v) is 8.54. The van der Waals surface area contributed by atoms with Crippen LogP contribution in [0.3, 0.4) is 0 Å². The van der Waals surface area contributed by atoms with E-state index in [0.717, 1.165) is 4.90 Å². The van der Waals surface area contributed by atoms with Crippen LogP contribution < -0.4 is 5.30 Å². The average Bonchev–Trinajstić information content (AvgIpc) is 2.05. The highest BCUT2D eigenvalue weighted by Gasteiger charge is 1.93. The molecule has 1 unspecified atom stereocenters. The fourth-order valence-electron chi connectivity index (χ4n) is 1.25. The number of fused-ring (bicyclic) bond motifs is 1. The summed E-state index contributed by atoms with van der Waals surface area (Å²) in [4.78, 5) is 1.01. The first-order valence-electron chi connectivity index (χ1n) is 3.74. The van der Waals surface area contributed by atoms with E-state index in [1.54, 1.807) is 0 Å². The third-order valence-corrected chi connectivity index (χ3v) is 2.49. The minimum absolute atomic E-state index is 1.01. The van der Waals surface area contributed by atoms with E-state index < -0.39 is 0 Å². The van der Waals surface area contributed by atoms with E-state index >= 15 is 0 Å². The second kappa shape index (κ2) is 3.08. The van der Waals surface area contributed by atoms with Gasteiger partial charge in [-0.3, -0.25) is 0 Å². The van der Waals surface area contributed by atoms with Crippen molar-refractivity contribution in [1.29, 1.82) is 0 Å². The largest absolute Gasteiger partial charge is 0.143 e. The van der Waals surface area contributed by atoms with Gasteiger partial charge in [0.15, 0.2) is 0 Å². The minimum Gasteiger partial charge on any atom is -0.143 e. The Morgan fingerprint density at radius 2 is 1.58 bits per heavy atom. The molecule has 12 heavy (non-hydrogen) atoms. The van der Waals surface area contributed by atoms with Crippen molar-refractivity contribution in [2.45, 2.75) is 4.90 Å². The number of thiol groups is 1. The third kappa shape index (κ3) is 1.48. The van der Waals surface area contributed by atoms with E-state index in [0.29, 0.717) is 0 Å². The average molecular weight is 192 g/mol. The Kier molecular flexibility index (Phi) is 2.08. The number of rotatable bonds is 0. The Morgan fingerprint density at radius 3 is 2.42 bits per heavy atom. The molecule has 0 heterocycles. The van der Waals surface area contributed by atoms with Crippen molar-refractivity contribution >= 4 is 37.9 Å². The van der Waals surface area contributed by atoms with Gasteiger partial charge in [0, 0.05) is 4.90 Å². The maximum atomic E-state index is 4.28. The lowest BCUT2D eigenvalue weighted by atomic mass is 10.1. The topological polar surface area (TPSA) is 0 Å². The second-order valence-corrected chi connectivity index (χ2v) is 3.97. The molecule has 0 nitrogen and oxygen atoms in total. The Hall–Kier alpha value is -0.520. The third-order valence-electron chi connectivity index (χ3n) is 1.85. The van der Waals surface area contributed by atoms with E-state index in [1.807, 2.05) is 6.07 Å². The fraction of sp³-hybridized carbons (Fsp3) is 0. The Bertz CT molecular complexity index is 382. The first-order valence-corrected chi connectivity index (χ1v) is 4.76. The molecule has 0 aliphatic heterocycles. The molecule has 0 saturated heterocycles. The summed E-state index contributed by atoms with van der Waals surface area (Å²) in [6.45, 7) is 0. The van der Waals surface area contributed by atoms with E-state index in [-0.39, 0.29) is 0 Å². The van der Waals surface area contributed by atoms with Crippen molar-refractivity contribution < 1.29 is 0 Å². The van der Waals surface area contributed by atoms with Gasteiger partial charge in [-0.1, -0.05) is 18.2 Å². The second-order valence-electron chi connectivity index (χ2n) is 2.79. The first kappa shape index (κ1) is 8.10. The Morgan fingerprint density at radius 1 is 0.917 bits per heavy atom. The molecule has 2 aromatic rings. The highest BCUT2D eigenvalue weighted by atomic mass is 32.1. The van der Waals surface area contributed by atoms with Gasteiger partial charge in [-0.2, -0.15) is 0 Å². The van der Waals surface area contributed by atoms with Crippen LogP contribution in [0.2, 0.25) is 0 Å². The highest BCUT2D eigenvalue weighted by molar-refractivity contribution is 7.80. The molecule has 0 fully saturated rings. The van der Waals surface area contributed by atoms with E-state index in [4.69, 9.17) is 0 Å². The van der Waals surface area contributed by atoms with Crippen LogP contribution in [0.5, 0.6) is 0 Å². The Balaban J connectivity index is 2.79. The molecule has 2 aromatic carbocycles. The Labute approximate surface area is 79.6 Å². The number of benzene rings is 2. The molecule has 0 radical (unpaired) electrons. The zero-order valence-electron chi connectivity index (χ0n) is 6.49. The molecule has 1 atom stereocenters. The van der Waals surface area contributed by atoms with Crippen molar-refractivity contribution in [3.8, 4) is 0 Å². The van der Waals surface area contributed by atoms with Gasteiger partial charge in [0.05, 0.1) is 0 Å². The molecule has 2 heteroatoms. The van der Waals surface area contributed by atoms with Crippen molar-refractivity contribution in [1.82, 2.24) is 0 Å². The van der Waals surface area contributed by atoms with Crippen LogP contribution in [-0.2, 0) is 0 Å². The van der Waals surface area contributed by atoms with Crippen LogP contribution in [0.1, 0.15) is 0 Å². The van der Waals surface area contributed by atoms with Crippen LogP contribution in [-0.4, -0.2) is 0 Å². The summed E-state index contributed by atoms with van der Waals surface area (Å²) in [6.07, 6.45) is 0. The fourth-order valence-corrected chi connectivity index (χ4v) is 1.74. The molecule has 0 bridgehead atoms. The lowest BCUT2D eigenvalue weighted by Crippen LogP contribution is -1.87. The highest BCUT2D eigenvalue weighted by Crippen LogP contribution is 2.17. The van der Waals surface area contributed by atoms with Crippen LogP contribution >= 0.6 is 21.9 Å². The molecule has 60 valence electrons. The quantitative estimate of drug-likeness (QED) is 0.481. The summed E-state index contributed by atoms with van der Waals surface area (Å²) in [5.74, 6) is 0. The van der Waals surface area contributed by atoms with Crippen LogP contribution in [0, 0.1) is 0 Å². The zero-order chi connectivity index (χ0) is 8.55. The molecule has 0 saturated carbocycles. The molecule has 2 rings (SSSR count). The summed E-state index contributed by atoms with van der Waals surface area (Å²) < 4.78 is 0. The van der Waals surface area contributed by atoms with Gasteiger partial charge < -0.3 is 0 Å². The SMILES string of the molecule is Pc1ccc2cc(S)ccc2c1. The van der Waals surface area contributed by atoms with Gasteiger partial charge in [0.25, 0.3) is 0 Å². The first-order chi connectivity index (χ1) is 5.75. The monoisotopic (exact) mass is 192 g/mol. The molecule has 0 amide bonds. The van der Waals surface area contributed by atoms with Gasteiger partial charge in [0.1, 0.15) is 0 Å². The van der Waals surface area contributed by atoms with Gasteiger partial charge in [-0.25, -0.2) is 0 Å². The van der Waals surface area contributed by atoms with Crippen molar-refractivity contribution in [2.75, 3.05) is 0 Å². The van der Waals surface area contributed by atoms with Crippen molar-refractivity contribution in [2.24, 2.45) is 0 Å². The van der Waals surface area contributed by atoms with E-state index in [9.17, 15) is 0 Å². The standard InChI is InChI=1S/C10H9PS/c11-9-3-1-8-6-10(12)4-2-7(8)5-9/h1-6,12H,11H2. The van der Waals surface area contributed by atoms with Crippen LogP contribution in [0.15, 0.2) is 41.3 Å². The van der Waals surface area contributed by atoms with Gasteiger partial charge >= 0.3 is 0 Å². The van der Waals surface area contributed by atoms with Crippen LogP contribution in [0.4, 0.5) is 0 Å². The summed E-state index contributed by atoms with van der Waals surface area (Å²) in [6, 6.07) is 12.5. The van der Waals surface area contributed by atoms with Crippen LogP contribution in [0.25, 0.3) is 10.8 Å². The van der Waals surface area contributed by atoms with Crippen molar-refractivity contribution in [3.05, 3.63) is 36.4 Å². The van der Waals surface area contributed by atoms with E-state index in [1.165, 1.54) is 16.1 Å². The smallest absolute Gasteiger partial charge is 0.00463 e. The molecule has 0 aliphatic carbocycles. The minimum atomic E-state index is 1.01. The molecule has 0 spiro atoms. The predicted octanol–water partition coefficient (Wildman–Crippen LogP) is 2.63. The van der Waals surface area contributed by atoms with Gasteiger partial charge in [0.2, 0.25) is 0 Å². The normalized spacial score (nSPS) is 10.5. The summed E-state index contributed by atoms with van der Waals surface area (Å²) >= 11 is 4.28. The summed E-state index contributed by atoms with van der Waals surface area (Å²) in [5.41, 5.74) is 0. The maximum Gasteiger partial charge on any atom is 0.00463 e. The molecule has 0 aromatic heterocycles. The lowest BCUT2D eigenvalue weighted by molar-refractivity contribution is 1.53.